The van der Waals surface area contributed by atoms with Gasteiger partial charge in [-0.15, -0.1) is 0 Å². The van der Waals surface area contributed by atoms with Crippen molar-refractivity contribution in [3.63, 3.8) is 0 Å². The van der Waals surface area contributed by atoms with Crippen molar-refractivity contribution in [2.24, 2.45) is 11.8 Å². The van der Waals surface area contributed by atoms with Gasteiger partial charge in [-0.25, -0.2) is 0 Å². The topological polar surface area (TPSA) is 37.3 Å². The van der Waals surface area contributed by atoms with Crippen LogP contribution in [0.15, 0.2) is 23.3 Å². The predicted molar refractivity (Wildman–Crippen MR) is 68.6 cm³/mol. The third-order valence-electron chi connectivity index (χ3n) is 4.37. The molecule has 0 spiro atoms. The zero-order chi connectivity index (χ0) is 12.8. The smallest absolute Gasteiger partial charge is 0.162 e. The fourth-order valence-electron chi connectivity index (χ4n) is 3.24. The summed E-state index contributed by atoms with van der Waals surface area (Å²) in [5.41, 5.74) is 2.15. The van der Waals surface area contributed by atoms with Gasteiger partial charge < -0.3 is 5.11 Å². The Morgan fingerprint density at radius 3 is 2.71 bits per heavy atom. The van der Waals surface area contributed by atoms with E-state index in [1.807, 2.05) is 6.92 Å². The summed E-state index contributed by atoms with van der Waals surface area (Å²) in [4.78, 5) is 12.0. The van der Waals surface area contributed by atoms with Gasteiger partial charge in [0.05, 0.1) is 5.60 Å². The predicted octanol–water partition coefficient (Wildman–Crippen LogP) is 3.02. The number of ketones is 1. The number of rotatable bonds is 1. The molecule has 2 aliphatic rings. The van der Waals surface area contributed by atoms with Crippen molar-refractivity contribution in [1.82, 2.24) is 0 Å². The van der Waals surface area contributed by atoms with Crippen LogP contribution in [0.5, 0.6) is 0 Å². The first kappa shape index (κ1) is 12.6. The van der Waals surface area contributed by atoms with Crippen LogP contribution in [-0.2, 0) is 4.79 Å². The largest absolute Gasteiger partial charge is 0.385 e. The molecule has 94 valence electrons. The number of hydrogen-bond donors (Lipinski definition) is 1. The molecule has 0 fully saturated rings. The van der Waals surface area contributed by atoms with Gasteiger partial charge in [-0.2, -0.15) is 0 Å². The first-order valence-electron chi connectivity index (χ1n) is 6.47. The zero-order valence-electron chi connectivity index (χ0n) is 11.0. The number of hydrogen-bond acceptors (Lipinski definition) is 2. The van der Waals surface area contributed by atoms with Crippen molar-refractivity contribution in [2.75, 3.05) is 0 Å². The molecule has 0 heterocycles. The number of carbonyl (C=O) groups is 1. The lowest BCUT2D eigenvalue weighted by atomic mass is 9.85. The summed E-state index contributed by atoms with van der Waals surface area (Å²) < 4.78 is 0. The molecule has 0 aromatic carbocycles. The van der Waals surface area contributed by atoms with Crippen LogP contribution in [-0.4, -0.2) is 16.5 Å². The Balaban J connectivity index is 2.41. The number of allylic oxidation sites excluding steroid dienone is 2. The summed E-state index contributed by atoms with van der Waals surface area (Å²) >= 11 is 0. The van der Waals surface area contributed by atoms with E-state index >= 15 is 0 Å². The van der Waals surface area contributed by atoms with Gasteiger partial charge in [-0.3, -0.25) is 4.79 Å². The van der Waals surface area contributed by atoms with Crippen molar-refractivity contribution in [1.29, 1.82) is 0 Å². The van der Waals surface area contributed by atoms with Crippen LogP contribution in [0.25, 0.3) is 0 Å². The lowest BCUT2D eigenvalue weighted by Crippen LogP contribution is -2.25. The molecular weight excluding hydrogens is 212 g/mol. The van der Waals surface area contributed by atoms with Crippen LogP contribution in [0.2, 0.25) is 0 Å². The molecule has 0 aliphatic heterocycles. The average Bonchev–Trinajstić information content (AvgIpc) is 2.34. The normalized spacial score (nSPS) is 38.0. The van der Waals surface area contributed by atoms with Gasteiger partial charge in [0.15, 0.2) is 5.78 Å². The number of Topliss-reactive ketones (excluding diaryl/α,β-unsaturated/α-hetero) is 1. The molecule has 0 radical (unpaired) electrons. The summed E-state index contributed by atoms with van der Waals surface area (Å²) in [6.07, 6.45) is 3.18. The van der Waals surface area contributed by atoms with E-state index in [-0.39, 0.29) is 18.1 Å². The van der Waals surface area contributed by atoms with E-state index in [0.29, 0.717) is 5.92 Å². The molecule has 0 saturated carbocycles. The first-order valence-corrected chi connectivity index (χ1v) is 6.47. The molecule has 2 aliphatic carbocycles. The Labute approximate surface area is 103 Å². The first-order chi connectivity index (χ1) is 7.83. The maximum atomic E-state index is 12.0. The standard InChI is InChI=1S/C15H22O2/c1-9(2)11-6-5-10(3)14-12(7-11)15(4,17)8-13(14)16/h10-11,17H,1,5-8H2,2-4H3/t10-,11+,15-/m0/s1. The Hall–Kier alpha value is -0.890. The SMILES string of the molecule is C=C(C)[C@@H]1CC[C@H](C)C2=C(C1)[C@@](C)(O)CC2=O. The van der Waals surface area contributed by atoms with Crippen molar-refractivity contribution < 1.29 is 9.90 Å². The molecule has 0 unspecified atom stereocenters. The van der Waals surface area contributed by atoms with E-state index in [1.165, 1.54) is 5.57 Å². The van der Waals surface area contributed by atoms with Gasteiger partial charge in [-0.05, 0) is 50.5 Å². The van der Waals surface area contributed by atoms with E-state index < -0.39 is 5.60 Å². The van der Waals surface area contributed by atoms with Crippen LogP contribution < -0.4 is 0 Å². The summed E-state index contributed by atoms with van der Waals surface area (Å²) in [5, 5.41) is 10.4. The van der Waals surface area contributed by atoms with Gasteiger partial charge in [0.2, 0.25) is 0 Å². The summed E-state index contributed by atoms with van der Waals surface area (Å²) in [5.74, 6) is 0.859. The molecule has 17 heavy (non-hydrogen) atoms. The molecule has 0 saturated heterocycles. The molecule has 1 N–H and O–H groups in total. The molecule has 3 atom stereocenters. The number of carbonyl (C=O) groups excluding carboxylic acids is 1. The van der Waals surface area contributed by atoms with E-state index in [0.717, 1.165) is 30.4 Å². The monoisotopic (exact) mass is 234 g/mol. The van der Waals surface area contributed by atoms with Crippen molar-refractivity contribution >= 4 is 5.78 Å². The fourth-order valence-corrected chi connectivity index (χ4v) is 3.24. The van der Waals surface area contributed by atoms with Crippen molar-refractivity contribution in [2.45, 2.75) is 52.1 Å². The second-order valence-electron chi connectivity index (χ2n) is 5.99. The molecule has 0 aromatic rings. The maximum absolute atomic E-state index is 12.0. The molecule has 0 aromatic heterocycles. The highest BCUT2D eigenvalue weighted by Gasteiger charge is 2.43. The minimum absolute atomic E-state index is 0.153. The van der Waals surface area contributed by atoms with Crippen LogP contribution >= 0.6 is 0 Å². The summed E-state index contributed by atoms with van der Waals surface area (Å²) in [7, 11) is 0. The fraction of sp³-hybridized carbons (Fsp3) is 0.667. The highest BCUT2D eigenvalue weighted by atomic mass is 16.3. The zero-order valence-corrected chi connectivity index (χ0v) is 11.0. The van der Waals surface area contributed by atoms with Crippen LogP contribution in [0.3, 0.4) is 0 Å². The summed E-state index contributed by atoms with van der Waals surface area (Å²) in [6.45, 7) is 9.97. The highest BCUT2D eigenvalue weighted by Crippen LogP contribution is 2.45. The Morgan fingerprint density at radius 2 is 2.12 bits per heavy atom. The minimum Gasteiger partial charge on any atom is -0.385 e. The summed E-state index contributed by atoms with van der Waals surface area (Å²) in [6, 6.07) is 0. The molecule has 2 heteroatoms. The van der Waals surface area contributed by atoms with Crippen LogP contribution in [0, 0.1) is 11.8 Å². The van der Waals surface area contributed by atoms with Gasteiger partial charge in [-0.1, -0.05) is 19.1 Å². The van der Waals surface area contributed by atoms with E-state index in [2.05, 4.69) is 13.5 Å². The third-order valence-corrected chi connectivity index (χ3v) is 4.37. The highest BCUT2D eigenvalue weighted by molar-refractivity contribution is 6.01. The third kappa shape index (κ3) is 2.11. The van der Waals surface area contributed by atoms with Crippen LogP contribution in [0.4, 0.5) is 0 Å². The average molecular weight is 234 g/mol. The molecule has 2 rings (SSSR count). The Bertz CT molecular complexity index is 401. The van der Waals surface area contributed by atoms with Crippen molar-refractivity contribution in [3.8, 4) is 0 Å². The number of aliphatic hydroxyl groups is 1. The van der Waals surface area contributed by atoms with Crippen molar-refractivity contribution in [3.05, 3.63) is 23.3 Å². The molecule has 0 bridgehead atoms. The quantitative estimate of drug-likeness (QED) is 0.708. The Morgan fingerprint density at radius 1 is 1.47 bits per heavy atom. The van der Waals surface area contributed by atoms with Gasteiger partial charge in [0, 0.05) is 12.0 Å². The van der Waals surface area contributed by atoms with Crippen LogP contribution in [0.1, 0.15) is 46.5 Å². The van der Waals surface area contributed by atoms with Gasteiger partial charge >= 0.3 is 0 Å². The minimum atomic E-state index is -0.918. The van der Waals surface area contributed by atoms with Gasteiger partial charge in [0.25, 0.3) is 0 Å². The molecule has 0 amide bonds. The van der Waals surface area contributed by atoms with E-state index in [1.54, 1.807) is 6.92 Å². The molecular formula is C15H22O2. The lowest BCUT2D eigenvalue weighted by Gasteiger charge is -2.24. The second-order valence-corrected chi connectivity index (χ2v) is 5.99. The lowest BCUT2D eigenvalue weighted by molar-refractivity contribution is -0.117. The second kappa shape index (κ2) is 4.09. The van der Waals surface area contributed by atoms with Gasteiger partial charge in [0.1, 0.15) is 0 Å². The Kier molecular flexibility index (Phi) is 3.03. The molecule has 2 nitrogen and oxygen atoms in total. The van der Waals surface area contributed by atoms with E-state index in [9.17, 15) is 9.90 Å². The maximum Gasteiger partial charge on any atom is 0.162 e. The van der Waals surface area contributed by atoms with E-state index in [4.69, 9.17) is 0 Å².